The summed E-state index contributed by atoms with van der Waals surface area (Å²) < 4.78 is 24.8. The van der Waals surface area contributed by atoms with E-state index in [-0.39, 0.29) is 24.9 Å². The molecule has 0 aromatic heterocycles. The molecule has 1 amide bonds. The summed E-state index contributed by atoms with van der Waals surface area (Å²) in [5.41, 5.74) is 0.338. The number of halogens is 2. The van der Waals surface area contributed by atoms with Crippen LogP contribution in [0, 0.1) is 0 Å². The first-order valence-corrected chi connectivity index (χ1v) is 9.48. The molecule has 1 rings (SSSR count). The summed E-state index contributed by atoms with van der Waals surface area (Å²) in [5, 5.41) is 3.29. The lowest BCUT2D eigenvalue weighted by molar-refractivity contribution is -0.116. The zero-order chi connectivity index (χ0) is 16.9. The van der Waals surface area contributed by atoms with Crippen molar-refractivity contribution in [3.8, 4) is 0 Å². The topological polar surface area (TPSA) is 66.5 Å². The number of anilines is 1. The molecule has 22 heavy (non-hydrogen) atoms. The van der Waals surface area contributed by atoms with Crippen LogP contribution in [-0.4, -0.2) is 37.5 Å². The monoisotopic (exact) mass is 366 g/mol. The highest BCUT2D eigenvalue weighted by molar-refractivity contribution is 7.88. The van der Waals surface area contributed by atoms with Crippen molar-refractivity contribution in [3.63, 3.8) is 0 Å². The normalized spacial score (nSPS) is 13.2. The minimum atomic E-state index is -3.36. The summed E-state index contributed by atoms with van der Waals surface area (Å²) in [4.78, 5) is 12.0. The van der Waals surface area contributed by atoms with Crippen LogP contribution in [0.2, 0.25) is 10.0 Å². The Morgan fingerprint density at radius 1 is 1.32 bits per heavy atom. The molecule has 1 unspecified atom stereocenters. The molecule has 0 fully saturated rings. The van der Waals surface area contributed by atoms with E-state index in [9.17, 15) is 13.2 Å². The van der Waals surface area contributed by atoms with E-state index in [0.717, 1.165) is 6.26 Å². The zero-order valence-electron chi connectivity index (χ0n) is 12.8. The number of hydrogen-bond donors (Lipinski definition) is 1. The molecule has 0 aliphatic heterocycles. The predicted octanol–water partition coefficient (Wildman–Crippen LogP) is 3.38. The minimum absolute atomic E-state index is 0.0267. The summed E-state index contributed by atoms with van der Waals surface area (Å²) in [6.07, 6.45) is 1.84. The van der Waals surface area contributed by atoms with Crippen molar-refractivity contribution in [1.29, 1.82) is 0 Å². The number of hydrogen-bond acceptors (Lipinski definition) is 3. The van der Waals surface area contributed by atoms with Crippen LogP contribution in [0.5, 0.6) is 0 Å². The molecule has 0 saturated carbocycles. The minimum Gasteiger partial charge on any atom is -0.324 e. The molecular weight excluding hydrogens is 347 g/mol. The second-order valence-electron chi connectivity index (χ2n) is 5.03. The van der Waals surface area contributed by atoms with Crippen molar-refractivity contribution >= 4 is 44.8 Å². The van der Waals surface area contributed by atoms with Gasteiger partial charge < -0.3 is 5.32 Å². The molecule has 0 bridgehead atoms. The van der Waals surface area contributed by atoms with Crippen LogP contribution in [-0.2, 0) is 14.8 Å². The fraction of sp³-hybridized carbons (Fsp3) is 0.500. The van der Waals surface area contributed by atoms with Crippen LogP contribution in [0.4, 0.5) is 5.69 Å². The van der Waals surface area contributed by atoms with Crippen molar-refractivity contribution in [2.75, 3.05) is 18.1 Å². The summed E-state index contributed by atoms with van der Waals surface area (Å²) in [6.45, 7) is 3.82. The maximum absolute atomic E-state index is 12.0. The molecule has 1 atom stereocenters. The lowest BCUT2D eigenvalue weighted by atomic mass is 10.2. The first-order valence-electron chi connectivity index (χ1n) is 6.87. The van der Waals surface area contributed by atoms with Gasteiger partial charge in [-0.15, -0.1) is 0 Å². The van der Waals surface area contributed by atoms with E-state index in [4.69, 9.17) is 23.2 Å². The largest absolute Gasteiger partial charge is 0.324 e. The van der Waals surface area contributed by atoms with Crippen molar-refractivity contribution in [1.82, 2.24) is 4.31 Å². The van der Waals surface area contributed by atoms with Gasteiger partial charge in [0.05, 0.1) is 22.0 Å². The Morgan fingerprint density at radius 2 is 1.86 bits per heavy atom. The number of carbonyl (C=O) groups excluding carboxylic acids is 1. The first-order chi connectivity index (χ1) is 10.2. The van der Waals surface area contributed by atoms with Gasteiger partial charge in [0.15, 0.2) is 0 Å². The Kier molecular flexibility index (Phi) is 7.12. The molecule has 1 aromatic rings. The first kappa shape index (κ1) is 19.2. The maximum Gasteiger partial charge on any atom is 0.225 e. The standard InChI is InChI=1S/C14H20Cl2N2O3S/c1-4-10(2)18(22(3,20)21)9-8-13(19)17-14-11(15)6-5-7-12(14)16/h5-7,10H,4,8-9H2,1-3H3,(H,17,19). The average molecular weight is 367 g/mol. The lowest BCUT2D eigenvalue weighted by Gasteiger charge is -2.25. The molecular formula is C14H20Cl2N2O3S. The Bertz CT molecular complexity index is 615. The van der Waals surface area contributed by atoms with Crippen LogP contribution in [0.15, 0.2) is 18.2 Å². The van der Waals surface area contributed by atoms with Gasteiger partial charge in [-0.1, -0.05) is 36.2 Å². The fourth-order valence-electron chi connectivity index (χ4n) is 1.95. The van der Waals surface area contributed by atoms with E-state index in [2.05, 4.69) is 5.32 Å². The van der Waals surface area contributed by atoms with Crippen molar-refractivity contribution in [2.45, 2.75) is 32.7 Å². The summed E-state index contributed by atoms with van der Waals surface area (Å²) >= 11 is 12.0. The third-order valence-electron chi connectivity index (χ3n) is 3.29. The van der Waals surface area contributed by atoms with E-state index in [0.29, 0.717) is 22.2 Å². The fourth-order valence-corrected chi connectivity index (χ4v) is 3.67. The van der Waals surface area contributed by atoms with Crippen LogP contribution in [0.3, 0.4) is 0 Å². The van der Waals surface area contributed by atoms with Gasteiger partial charge in [-0.3, -0.25) is 4.79 Å². The zero-order valence-corrected chi connectivity index (χ0v) is 15.1. The van der Waals surface area contributed by atoms with Crippen LogP contribution < -0.4 is 5.32 Å². The quantitative estimate of drug-likeness (QED) is 0.803. The summed E-state index contributed by atoms with van der Waals surface area (Å²) in [5.74, 6) is -0.341. The number of nitrogens with one attached hydrogen (secondary N) is 1. The van der Waals surface area contributed by atoms with E-state index in [1.165, 1.54) is 4.31 Å². The highest BCUT2D eigenvalue weighted by atomic mass is 35.5. The SMILES string of the molecule is CCC(C)N(CCC(=O)Nc1c(Cl)cccc1Cl)S(C)(=O)=O. The van der Waals surface area contributed by atoms with Crippen LogP contribution in [0.1, 0.15) is 26.7 Å². The van der Waals surface area contributed by atoms with Crippen molar-refractivity contribution in [2.24, 2.45) is 0 Å². The molecule has 0 spiro atoms. The van der Waals surface area contributed by atoms with Gasteiger partial charge >= 0.3 is 0 Å². The Morgan fingerprint density at radius 3 is 2.32 bits per heavy atom. The Balaban J connectivity index is 2.73. The summed E-state index contributed by atoms with van der Waals surface area (Å²) in [6, 6.07) is 4.75. The predicted molar refractivity (Wildman–Crippen MR) is 91.0 cm³/mol. The summed E-state index contributed by atoms with van der Waals surface area (Å²) in [7, 11) is -3.36. The van der Waals surface area contributed by atoms with Crippen molar-refractivity contribution in [3.05, 3.63) is 28.2 Å². The number of carbonyl (C=O) groups is 1. The molecule has 0 heterocycles. The molecule has 0 saturated heterocycles. The Labute approximate surface area is 141 Å². The molecule has 8 heteroatoms. The number of benzene rings is 1. The van der Waals surface area contributed by atoms with Gasteiger partial charge in [0.25, 0.3) is 0 Å². The molecule has 0 aliphatic rings. The van der Waals surface area contributed by atoms with Crippen LogP contribution >= 0.6 is 23.2 Å². The smallest absolute Gasteiger partial charge is 0.225 e. The van der Waals surface area contributed by atoms with Gasteiger partial charge in [-0.05, 0) is 25.5 Å². The average Bonchev–Trinajstić information content (AvgIpc) is 2.41. The van der Waals surface area contributed by atoms with E-state index in [1.54, 1.807) is 18.2 Å². The molecule has 0 aliphatic carbocycles. The second-order valence-corrected chi connectivity index (χ2v) is 7.78. The number of sulfonamides is 1. The maximum atomic E-state index is 12.0. The van der Waals surface area contributed by atoms with Crippen LogP contribution in [0.25, 0.3) is 0 Å². The van der Waals surface area contributed by atoms with Gasteiger partial charge in [-0.2, -0.15) is 4.31 Å². The second kappa shape index (κ2) is 8.15. The van der Waals surface area contributed by atoms with Gasteiger partial charge in [0.1, 0.15) is 0 Å². The number of rotatable bonds is 7. The third kappa shape index (κ3) is 5.43. The number of amides is 1. The molecule has 124 valence electrons. The van der Waals surface area contributed by atoms with E-state index >= 15 is 0 Å². The van der Waals surface area contributed by atoms with Crippen molar-refractivity contribution < 1.29 is 13.2 Å². The van der Waals surface area contributed by atoms with E-state index in [1.807, 2.05) is 13.8 Å². The lowest BCUT2D eigenvalue weighted by Crippen LogP contribution is -2.39. The highest BCUT2D eigenvalue weighted by Crippen LogP contribution is 2.29. The Hall–Kier alpha value is -0.820. The third-order valence-corrected chi connectivity index (χ3v) is 5.32. The molecule has 1 aromatic carbocycles. The number of para-hydroxylation sites is 1. The molecule has 0 radical (unpaired) electrons. The molecule has 1 N–H and O–H groups in total. The molecule has 5 nitrogen and oxygen atoms in total. The van der Waals surface area contributed by atoms with Gasteiger partial charge in [0.2, 0.25) is 15.9 Å². The highest BCUT2D eigenvalue weighted by Gasteiger charge is 2.23. The van der Waals surface area contributed by atoms with Gasteiger partial charge in [-0.25, -0.2) is 8.42 Å². The van der Waals surface area contributed by atoms with Gasteiger partial charge in [0, 0.05) is 19.0 Å². The number of nitrogens with zero attached hydrogens (tertiary/aromatic N) is 1. The van der Waals surface area contributed by atoms with E-state index < -0.39 is 10.0 Å².